The number of aryl methyl sites for hydroxylation is 1. The van der Waals surface area contributed by atoms with Crippen LogP contribution in [0.2, 0.25) is 0 Å². The van der Waals surface area contributed by atoms with Gasteiger partial charge in [0.25, 0.3) is 5.91 Å². The van der Waals surface area contributed by atoms with Crippen LogP contribution in [0.4, 0.5) is 4.39 Å². The number of phenols is 1. The number of aromatic hydroxyl groups is 1. The van der Waals surface area contributed by atoms with E-state index in [4.69, 9.17) is 4.42 Å². The van der Waals surface area contributed by atoms with Gasteiger partial charge in [-0.1, -0.05) is 19.1 Å². The molecule has 0 saturated heterocycles. The van der Waals surface area contributed by atoms with Gasteiger partial charge in [0.2, 0.25) is 0 Å². The zero-order valence-corrected chi connectivity index (χ0v) is 13.5. The highest BCUT2D eigenvalue weighted by Gasteiger charge is 2.21. The third-order valence-electron chi connectivity index (χ3n) is 4.06. The summed E-state index contributed by atoms with van der Waals surface area (Å²) in [5.41, 5.74) is 1.78. The van der Waals surface area contributed by atoms with E-state index in [1.54, 1.807) is 25.1 Å². The molecular formula is C19H18FNO3. The number of hydrogen-bond donors (Lipinski definition) is 2. The Morgan fingerprint density at radius 1 is 1.25 bits per heavy atom. The molecule has 0 aliphatic rings. The largest absolute Gasteiger partial charge is 0.508 e. The first-order valence-electron chi connectivity index (χ1n) is 7.78. The highest BCUT2D eigenvalue weighted by Crippen LogP contribution is 2.29. The number of carbonyl (C=O) groups is 1. The van der Waals surface area contributed by atoms with Crippen molar-refractivity contribution in [3.8, 4) is 5.75 Å². The fourth-order valence-corrected chi connectivity index (χ4v) is 2.84. The van der Waals surface area contributed by atoms with Crippen LogP contribution in [-0.2, 0) is 0 Å². The van der Waals surface area contributed by atoms with Crippen LogP contribution >= 0.6 is 0 Å². The van der Waals surface area contributed by atoms with Crippen molar-refractivity contribution < 1.29 is 18.7 Å². The molecule has 3 rings (SSSR count). The van der Waals surface area contributed by atoms with Crippen molar-refractivity contribution in [2.45, 2.75) is 26.3 Å². The Kier molecular flexibility index (Phi) is 4.25. The molecule has 3 aromatic rings. The number of carbonyl (C=O) groups excluding carboxylic acids is 1. The van der Waals surface area contributed by atoms with Gasteiger partial charge in [0.05, 0.1) is 11.6 Å². The Balaban J connectivity index is 1.92. The molecule has 1 aromatic heterocycles. The van der Waals surface area contributed by atoms with Gasteiger partial charge in [-0.3, -0.25) is 4.79 Å². The number of amides is 1. The molecule has 0 spiro atoms. The maximum atomic E-state index is 13.1. The van der Waals surface area contributed by atoms with Crippen LogP contribution in [0.1, 0.15) is 41.1 Å². The van der Waals surface area contributed by atoms with Crippen molar-refractivity contribution in [3.05, 3.63) is 65.2 Å². The van der Waals surface area contributed by atoms with Crippen LogP contribution < -0.4 is 5.32 Å². The minimum atomic E-state index is -0.313. The molecule has 0 bridgehead atoms. The van der Waals surface area contributed by atoms with Crippen LogP contribution in [0, 0.1) is 12.7 Å². The minimum absolute atomic E-state index is 0.0722. The molecule has 24 heavy (non-hydrogen) atoms. The molecule has 1 atom stereocenters. The van der Waals surface area contributed by atoms with Crippen LogP contribution in [-0.4, -0.2) is 11.0 Å². The second-order valence-electron chi connectivity index (χ2n) is 5.70. The number of halogens is 1. The number of nitrogens with one attached hydrogen (secondary N) is 1. The van der Waals surface area contributed by atoms with Crippen LogP contribution in [0.15, 0.2) is 46.9 Å². The van der Waals surface area contributed by atoms with Gasteiger partial charge in [-0.25, -0.2) is 4.39 Å². The minimum Gasteiger partial charge on any atom is -0.508 e. The van der Waals surface area contributed by atoms with Crippen molar-refractivity contribution in [2.24, 2.45) is 0 Å². The molecule has 0 aliphatic carbocycles. The van der Waals surface area contributed by atoms with Crippen molar-refractivity contribution in [1.82, 2.24) is 5.32 Å². The second-order valence-corrected chi connectivity index (χ2v) is 5.70. The van der Waals surface area contributed by atoms with Crippen LogP contribution in [0.25, 0.3) is 11.0 Å². The van der Waals surface area contributed by atoms with Crippen molar-refractivity contribution in [2.75, 3.05) is 0 Å². The van der Waals surface area contributed by atoms with Gasteiger partial charge in [0.15, 0.2) is 0 Å². The van der Waals surface area contributed by atoms with Gasteiger partial charge in [-0.05, 0) is 49.2 Å². The number of phenolic OH excluding ortho intramolecular Hbond substituents is 1. The molecule has 0 aliphatic heterocycles. The summed E-state index contributed by atoms with van der Waals surface area (Å²) in [4.78, 5) is 12.7. The number of hydrogen-bond acceptors (Lipinski definition) is 3. The molecule has 0 radical (unpaired) electrons. The van der Waals surface area contributed by atoms with Gasteiger partial charge >= 0.3 is 0 Å². The molecule has 0 fully saturated rings. The van der Waals surface area contributed by atoms with Crippen LogP contribution in [0.5, 0.6) is 5.75 Å². The SMILES string of the molecule is CCC(NC(=O)c1c(C)oc2ccc(O)cc12)c1ccc(F)cc1. The number of rotatable bonds is 4. The normalized spacial score (nSPS) is 12.3. The number of benzene rings is 2. The van der Waals surface area contributed by atoms with E-state index < -0.39 is 0 Å². The summed E-state index contributed by atoms with van der Waals surface area (Å²) in [5, 5.41) is 13.2. The van der Waals surface area contributed by atoms with Crippen molar-refractivity contribution in [3.63, 3.8) is 0 Å². The maximum Gasteiger partial charge on any atom is 0.255 e. The molecule has 0 saturated carbocycles. The maximum absolute atomic E-state index is 13.1. The van der Waals surface area contributed by atoms with Gasteiger partial charge in [0, 0.05) is 5.39 Å². The lowest BCUT2D eigenvalue weighted by Gasteiger charge is -2.17. The van der Waals surface area contributed by atoms with Crippen molar-refractivity contribution in [1.29, 1.82) is 0 Å². The first kappa shape index (κ1) is 16.1. The predicted molar refractivity (Wildman–Crippen MR) is 89.5 cm³/mol. The zero-order valence-electron chi connectivity index (χ0n) is 13.5. The smallest absolute Gasteiger partial charge is 0.255 e. The Bertz CT molecular complexity index is 884. The van der Waals surface area contributed by atoms with E-state index in [9.17, 15) is 14.3 Å². The molecule has 4 nitrogen and oxygen atoms in total. The standard InChI is InChI=1S/C19H18FNO3/c1-3-16(12-4-6-13(20)7-5-12)21-19(23)18-11(2)24-17-9-8-14(22)10-15(17)18/h4-10,16,22H,3H2,1-2H3,(H,21,23). The summed E-state index contributed by atoms with van der Waals surface area (Å²) in [7, 11) is 0. The highest BCUT2D eigenvalue weighted by molar-refractivity contribution is 6.07. The van der Waals surface area contributed by atoms with Gasteiger partial charge in [0.1, 0.15) is 22.9 Å². The third-order valence-corrected chi connectivity index (χ3v) is 4.06. The average Bonchev–Trinajstić information content (AvgIpc) is 2.88. The predicted octanol–water partition coefficient (Wildman–Crippen LogP) is 4.47. The Labute approximate surface area is 138 Å². The summed E-state index contributed by atoms with van der Waals surface area (Å²) >= 11 is 0. The fraction of sp³-hybridized carbons (Fsp3) is 0.211. The first-order valence-corrected chi connectivity index (χ1v) is 7.78. The average molecular weight is 327 g/mol. The molecule has 2 N–H and O–H groups in total. The Hall–Kier alpha value is -2.82. The topological polar surface area (TPSA) is 62.5 Å². The van der Waals surface area contributed by atoms with E-state index in [0.717, 1.165) is 5.56 Å². The van der Waals surface area contributed by atoms with Crippen LogP contribution in [0.3, 0.4) is 0 Å². The van der Waals surface area contributed by atoms with E-state index in [-0.39, 0.29) is 23.5 Å². The molecular weight excluding hydrogens is 309 g/mol. The second kappa shape index (κ2) is 6.35. The lowest BCUT2D eigenvalue weighted by atomic mass is 10.0. The highest BCUT2D eigenvalue weighted by atomic mass is 19.1. The first-order chi connectivity index (χ1) is 11.5. The Morgan fingerprint density at radius 3 is 2.62 bits per heavy atom. The summed E-state index contributed by atoms with van der Waals surface area (Å²) in [6.07, 6.45) is 0.664. The summed E-state index contributed by atoms with van der Waals surface area (Å²) in [6, 6.07) is 10.5. The van der Waals surface area contributed by atoms with E-state index in [0.29, 0.717) is 28.7 Å². The molecule has 5 heteroatoms. The van der Waals surface area contributed by atoms with Gasteiger partial charge in [-0.15, -0.1) is 0 Å². The summed E-state index contributed by atoms with van der Waals surface area (Å²) in [5.74, 6) is -0.0370. The monoisotopic (exact) mass is 327 g/mol. The molecule has 1 heterocycles. The molecule has 2 aromatic carbocycles. The molecule has 124 valence electrons. The van der Waals surface area contributed by atoms with Gasteiger partial charge in [-0.2, -0.15) is 0 Å². The van der Waals surface area contributed by atoms with Gasteiger partial charge < -0.3 is 14.8 Å². The van der Waals surface area contributed by atoms with E-state index in [1.165, 1.54) is 24.3 Å². The quantitative estimate of drug-likeness (QED) is 0.743. The fourth-order valence-electron chi connectivity index (χ4n) is 2.84. The summed E-state index contributed by atoms with van der Waals surface area (Å²) in [6.45, 7) is 3.66. The molecule has 1 amide bonds. The molecule has 1 unspecified atom stereocenters. The number of furan rings is 1. The lowest BCUT2D eigenvalue weighted by molar-refractivity contribution is 0.0935. The lowest BCUT2D eigenvalue weighted by Crippen LogP contribution is -2.28. The van der Waals surface area contributed by atoms with Crippen molar-refractivity contribution >= 4 is 16.9 Å². The summed E-state index contributed by atoms with van der Waals surface area (Å²) < 4.78 is 18.7. The Morgan fingerprint density at radius 2 is 1.96 bits per heavy atom. The number of fused-ring (bicyclic) bond motifs is 1. The third kappa shape index (κ3) is 2.97. The van der Waals surface area contributed by atoms with E-state index in [1.807, 2.05) is 6.92 Å². The van der Waals surface area contributed by atoms with E-state index >= 15 is 0 Å². The van der Waals surface area contributed by atoms with E-state index in [2.05, 4.69) is 5.32 Å². The zero-order chi connectivity index (χ0) is 17.3.